The maximum Gasteiger partial charge on any atom is 0.408 e. The number of amides is 4. The molecule has 0 bridgehead atoms. The summed E-state index contributed by atoms with van der Waals surface area (Å²) in [6.45, 7) is 8.48. The monoisotopic (exact) mass is 641 g/mol. The fourth-order valence-electron chi connectivity index (χ4n) is 6.06. The van der Waals surface area contributed by atoms with Crippen molar-refractivity contribution < 1.29 is 28.7 Å². The first kappa shape index (κ1) is 33.4. The Morgan fingerprint density at radius 1 is 0.957 bits per heavy atom. The van der Waals surface area contributed by atoms with Crippen LogP contribution >= 0.6 is 0 Å². The quantitative estimate of drug-likeness (QED) is 0.359. The van der Waals surface area contributed by atoms with E-state index in [1.165, 1.54) is 18.9 Å². The predicted octanol–water partition coefficient (Wildman–Crippen LogP) is 4.30. The van der Waals surface area contributed by atoms with Gasteiger partial charge < -0.3 is 25.0 Å². The van der Waals surface area contributed by atoms with Gasteiger partial charge in [0.25, 0.3) is 5.91 Å². The average molecular weight is 642 g/mol. The first-order valence-electron chi connectivity index (χ1n) is 15.8. The molecule has 0 radical (unpaired) electrons. The van der Waals surface area contributed by atoms with E-state index in [0.29, 0.717) is 25.1 Å². The van der Waals surface area contributed by atoms with Crippen molar-refractivity contribution in [1.82, 2.24) is 20.5 Å². The minimum absolute atomic E-state index is 0.100. The van der Waals surface area contributed by atoms with Crippen molar-refractivity contribution in [2.75, 3.05) is 26.7 Å². The number of nitrogens with one attached hydrogen (secondary N) is 2. The lowest BCUT2D eigenvalue weighted by atomic mass is 9.73. The molecular weight excluding hydrogens is 598 g/mol. The highest BCUT2D eigenvalue weighted by molar-refractivity contribution is 6.13. The van der Waals surface area contributed by atoms with E-state index in [0.717, 1.165) is 22.0 Å². The molecule has 3 aromatic rings. The molecule has 2 heterocycles. The van der Waals surface area contributed by atoms with Gasteiger partial charge in [-0.15, -0.1) is 0 Å². The molecule has 0 saturated carbocycles. The average Bonchev–Trinajstić information content (AvgIpc) is 3.26. The largest absolute Gasteiger partial charge is 0.490 e. The summed E-state index contributed by atoms with van der Waals surface area (Å²) in [5.74, 6) is -0.620. The topological polar surface area (TPSA) is 130 Å². The Kier molecular flexibility index (Phi) is 9.29. The number of carbonyl (C=O) groups is 4. The number of hydrogen-bond acceptors (Lipinski definition) is 7. The molecular formula is C36H43N5O6. The normalized spacial score (nSPS) is 18.7. The lowest BCUT2D eigenvalue weighted by Crippen LogP contribution is -2.63. The number of ether oxygens (including phenoxy) is 2. The van der Waals surface area contributed by atoms with Crippen LogP contribution in [0.4, 0.5) is 4.79 Å². The third kappa shape index (κ3) is 7.40. The zero-order chi connectivity index (χ0) is 34.0. The molecule has 11 nitrogen and oxygen atoms in total. The molecule has 3 aromatic carbocycles. The number of rotatable bonds is 9. The van der Waals surface area contributed by atoms with Crippen LogP contribution in [0.25, 0.3) is 10.8 Å². The Hall–Kier alpha value is -4.93. The van der Waals surface area contributed by atoms with Gasteiger partial charge in [-0.05, 0) is 58.1 Å². The Morgan fingerprint density at radius 3 is 2.36 bits per heavy atom. The van der Waals surface area contributed by atoms with Gasteiger partial charge in [0.05, 0.1) is 5.71 Å². The number of hydrazone groups is 1. The van der Waals surface area contributed by atoms with E-state index in [9.17, 15) is 19.2 Å². The molecule has 2 N–H and O–H groups in total. The van der Waals surface area contributed by atoms with Crippen LogP contribution in [0.1, 0.15) is 46.6 Å². The van der Waals surface area contributed by atoms with Gasteiger partial charge in [0.15, 0.2) is 0 Å². The predicted molar refractivity (Wildman–Crippen MR) is 179 cm³/mol. The van der Waals surface area contributed by atoms with E-state index in [4.69, 9.17) is 9.47 Å². The van der Waals surface area contributed by atoms with Crippen LogP contribution in [-0.2, 0) is 25.5 Å². The number of likely N-dealkylation sites (tertiary alicyclic amines) is 1. The number of hydrogen-bond donors (Lipinski definition) is 2. The maximum atomic E-state index is 14.4. The molecule has 248 valence electrons. The van der Waals surface area contributed by atoms with Crippen LogP contribution in [-0.4, -0.2) is 83.4 Å². The van der Waals surface area contributed by atoms with E-state index in [1.54, 1.807) is 32.7 Å². The highest BCUT2D eigenvalue weighted by atomic mass is 16.6. The number of carbonyl (C=O) groups excluding carboxylic acids is 4. The van der Waals surface area contributed by atoms with Crippen molar-refractivity contribution in [3.63, 3.8) is 0 Å². The first-order valence-corrected chi connectivity index (χ1v) is 15.8. The van der Waals surface area contributed by atoms with Crippen molar-refractivity contribution in [2.45, 2.75) is 64.6 Å². The van der Waals surface area contributed by atoms with Crippen molar-refractivity contribution in [3.05, 3.63) is 78.4 Å². The van der Waals surface area contributed by atoms with Gasteiger partial charge in [0.1, 0.15) is 35.0 Å². The summed E-state index contributed by atoms with van der Waals surface area (Å²) in [5, 5.41) is 13.2. The summed E-state index contributed by atoms with van der Waals surface area (Å²) in [7, 11) is 1.63. The first-order chi connectivity index (χ1) is 22.2. The second-order valence-electron chi connectivity index (χ2n) is 13.7. The Labute approximate surface area is 275 Å². The fourth-order valence-corrected chi connectivity index (χ4v) is 6.06. The van der Waals surface area contributed by atoms with Gasteiger partial charge in [-0.1, -0.05) is 66.7 Å². The second kappa shape index (κ2) is 13.1. The van der Waals surface area contributed by atoms with Gasteiger partial charge >= 0.3 is 6.09 Å². The van der Waals surface area contributed by atoms with Crippen LogP contribution in [0.15, 0.2) is 77.9 Å². The zero-order valence-electron chi connectivity index (χ0n) is 27.8. The van der Waals surface area contributed by atoms with Crippen molar-refractivity contribution in [3.8, 4) is 5.75 Å². The lowest BCUT2D eigenvalue weighted by Gasteiger charge is -2.41. The van der Waals surface area contributed by atoms with Crippen LogP contribution < -0.4 is 15.4 Å². The summed E-state index contributed by atoms with van der Waals surface area (Å²) in [6, 6.07) is 21.9. The molecule has 1 fully saturated rings. The van der Waals surface area contributed by atoms with Gasteiger partial charge in [-0.3, -0.25) is 14.4 Å². The van der Waals surface area contributed by atoms with E-state index in [1.807, 2.05) is 72.8 Å². The highest BCUT2D eigenvalue weighted by Crippen LogP contribution is 2.38. The highest BCUT2D eigenvalue weighted by Gasteiger charge is 2.54. The molecule has 0 unspecified atom stereocenters. The molecule has 47 heavy (non-hydrogen) atoms. The maximum absolute atomic E-state index is 14.4. The number of nitrogens with zero attached hydrogens (tertiary/aromatic N) is 3. The number of benzene rings is 3. The van der Waals surface area contributed by atoms with Crippen LogP contribution in [0.2, 0.25) is 0 Å². The molecule has 0 aromatic heterocycles. The van der Waals surface area contributed by atoms with Crippen molar-refractivity contribution in [1.29, 1.82) is 0 Å². The Morgan fingerprint density at radius 2 is 1.64 bits per heavy atom. The summed E-state index contributed by atoms with van der Waals surface area (Å²) < 4.78 is 11.6. The fraction of sp³-hybridized carbons (Fsp3) is 0.417. The summed E-state index contributed by atoms with van der Waals surface area (Å²) >= 11 is 0. The molecule has 0 aliphatic carbocycles. The molecule has 1 saturated heterocycles. The van der Waals surface area contributed by atoms with E-state index < -0.39 is 40.5 Å². The zero-order valence-corrected chi connectivity index (χ0v) is 27.8. The third-order valence-electron chi connectivity index (χ3n) is 8.41. The van der Waals surface area contributed by atoms with Crippen molar-refractivity contribution in [2.24, 2.45) is 10.5 Å². The molecule has 5 rings (SSSR count). The van der Waals surface area contributed by atoms with E-state index in [2.05, 4.69) is 15.7 Å². The lowest BCUT2D eigenvalue weighted by molar-refractivity contribution is -0.143. The Bertz CT molecular complexity index is 1690. The second-order valence-corrected chi connectivity index (χ2v) is 13.7. The van der Waals surface area contributed by atoms with Gasteiger partial charge in [-0.2, -0.15) is 5.10 Å². The van der Waals surface area contributed by atoms with E-state index >= 15 is 0 Å². The van der Waals surface area contributed by atoms with Crippen LogP contribution in [0, 0.1) is 5.41 Å². The number of alkyl carbamates (subject to hydrolysis) is 1. The summed E-state index contributed by atoms with van der Waals surface area (Å²) in [6.07, 6.45) is 0.0309. The van der Waals surface area contributed by atoms with Gasteiger partial charge in [0.2, 0.25) is 11.8 Å². The molecule has 11 heteroatoms. The SMILES string of the molecule is CN1N=C2CCN(C(=O)[C@@H](COc3cccc4ccccc34)NC(=O)C(C)(C)NC(=O)OC(C)(C)C)C[C@@]2(Cc2ccccc2)C1=O. The number of piperidine rings is 1. The van der Waals surface area contributed by atoms with Crippen LogP contribution in [0.3, 0.4) is 0 Å². The van der Waals surface area contributed by atoms with Gasteiger partial charge in [-0.25, -0.2) is 9.80 Å². The smallest absolute Gasteiger partial charge is 0.408 e. The minimum atomic E-state index is -1.43. The summed E-state index contributed by atoms with van der Waals surface area (Å²) in [4.78, 5) is 55.9. The number of fused-ring (bicyclic) bond motifs is 2. The molecule has 2 aliphatic heterocycles. The molecule has 2 atom stereocenters. The Balaban J connectivity index is 1.41. The van der Waals surface area contributed by atoms with Crippen molar-refractivity contribution >= 4 is 40.3 Å². The minimum Gasteiger partial charge on any atom is -0.490 e. The molecule has 0 spiro atoms. The molecule has 2 aliphatic rings. The third-order valence-corrected chi connectivity index (χ3v) is 8.41. The van der Waals surface area contributed by atoms with Crippen LogP contribution in [0.5, 0.6) is 5.75 Å². The summed E-state index contributed by atoms with van der Waals surface area (Å²) in [5.41, 5.74) is -1.52. The van der Waals surface area contributed by atoms with Gasteiger partial charge in [0, 0.05) is 31.9 Å². The standard InChI is InChI=1S/C36H43N5O6/c1-34(2,3)47-33(45)38-35(4,5)31(43)37-27(22-46-28-18-12-16-25-15-10-11-17-26(25)28)30(42)41-20-19-29-36(23-41,32(44)40(6)39-29)21-24-13-8-7-9-14-24/h7-18,27H,19-23H2,1-6H3,(H,37,43)(H,38,45)/t27-,36-/m1/s1. The van der Waals surface area contributed by atoms with E-state index in [-0.39, 0.29) is 19.1 Å². The molecule has 4 amide bonds.